The van der Waals surface area contributed by atoms with Crippen molar-refractivity contribution in [3.8, 4) is 0 Å². The number of unbranched alkanes of at least 4 members (excludes halogenated alkanes) is 3. The first-order valence-corrected chi connectivity index (χ1v) is 18.7. The molecule has 4 N–H and O–H groups in total. The van der Waals surface area contributed by atoms with Gasteiger partial charge < -0.3 is 16.0 Å². The molecule has 0 heterocycles. The van der Waals surface area contributed by atoms with E-state index in [1.165, 1.54) is 18.7 Å². The topological polar surface area (TPSA) is 116 Å². The summed E-state index contributed by atoms with van der Waals surface area (Å²) >= 11 is 4.44. The van der Waals surface area contributed by atoms with E-state index in [9.17, 15) is 19.2 Å². The van der Waals surface area contributed by atoms with Crippen LogP contribution in [0.1, 0.15) is 75.0 Å². The zero-order valence-electron chi connectivity index (χ0n) is 28.0. The highest BCUT2D eigenvalue weighted by Crippen LogP contribution is 2.48. The van der Waals surface area contributed by atoms with Gasteiger partial charge in [-0.1, -0.05) is 120 Å². The molecule has 3 aromatic rings. The van der Waals surface area contributed by atoms with E-state index in [0.29, 0.717) is 31.1 Å². The largest absolute Gasteiger partial charge is 0.356 e. The minimum Gasteiger partial charge on any atom is -0.356 e. The summed E-state index contributed by atoms with van der Waals surface area (Å²) in [6, 6.07) is 29.7. The quantitative estimate of drug-likeness (QED) is 0.0392. The number of halogens is 1. The molecule has 0 aliphatic rings. The molecular weight excluding hydrogens is 688 g/mol. The van der Waals surface area contributed by atoms with Crippen LogP contribution in [0.5, 0.6) is 0 Å². The van der Waals surface area contributed by atoms with E-state index in [4.69, 9.17) is 0 Å². The number of amides is 2. The van der Waals surface area contributed by atoms with Crippen LogP contribution in [0.4, 0.5) is 4.79 Å². The van der Waals surface area contributed by atoms with Gasteiger partial charge in [0.15, 0.2) is 5.78 Å². The lowest BCUT2D eigenvalue weighted by Crippen LogP contribution is -2.53. The number of thioether (sulfide) groups is 1. The molecule has 0 saturated carbocycles. The molecule has 0 aliphatic heterocycles. The molecule has 1 unspecified atom stereocenters. The first-order chi connectivity index (χ1) is 23.3. The molecule has 0 aliphatic carbocycles. The standard InChI is InChI=1S/C38H49BrN4O4S/c1-29(44)41-26-16-15-25-36(42-34(35(46)28-40-2)24-14-6-13-23-33(45)27-39)43-37(47)48-38(30-17-7-3-8-18-30,31-19-9-4-10-20-31)32-21-11-5-12-22-32/h3-5,7-12,17-22,34,36,40,42H,6,13-16,23-28H2,1-2H3,(H,41,44)(H,43,47)/t34-,36?/m0/s1. The Balaban J connectivity index is 1.88. The van der Waals surface area contributed by atoms with Gasteiger partial charge in [-0.15, -0.1) is 0 Å². The number of alkyl halides is 1. The van der Waals surface area contributed by atoms with Crippen molar-refractivity contribution >= 4 is 50.4 Å². The highest BCUT2D eigenvalue weighted by atomic mass is 79.9. The second kappa shape index (κ2) is 21.6. The summed E-state index contributed by atoms with van der Waals surface area (Å²) in [5.41, 5.74) is 2.92. The molecule has 2 atom stereocenters. The molecule has 3 rings (SSSR count). The van der Waals surface area contributed by atoms with Gasteiger partial charge in [0.25, 0.3) is 5.24 Å². The fourth-order valence-corrected chi connectivity index (χ4v) is 7.25. The van der Waals surface area contributed by atoms with Gasteiger partial charge in [0.05, 0.1) is 24.1 Å². The average molecular weight is 738 g/mol. The van der Waals surface area contributed by atoms with E-state index in [2.05, 4.69) is 73.6 Å². The smallest absolute Gasteiger partial charge is 0.281 e. The molecule has 258 valence electrons. The van der Waals surface area contributed by atoms with E-state index in [-0.39, 0.29) is 29.3 Å². The zero-order valence-corrected chi connectivity index (χ0v) is 30.4. The first-order valence-electron chi connectivity index (χ1n) is 16.7. The highest BCUT2D eigenvalue weighted by Gasteiger charge is 2.40. The Morgan fingerprint density at radius 1 is 0.750 bits per heavy atom. The van der Waals surface area contributed by atoms with Gasteiger partial charge in [-0.05, 0) is 67.6 Å². The van der Waals surface area contributed by atoms with Crippen LogP contribution in [-0.2, 0) is 19.1 Å². The van der Waals surface area contributed by atoms with E-state index in [1.54, 1.807) is 7.05 Å². The number of hydrogen-bond acceptors (Lipinski definition) is 7. The van der Waals surface area contributed by atoms with Crippen LogP contribution in [0, 0.1) is 0 Å². The van der Waals surface area contributed by atoms with Crippen molar-refractivity contribution in [1.29, 1.82) is 0 Å². The van der Waals surface area contributed by atoms with Crippen LogP contribution in [0.25, 0.3) is 0 Å². The number of hydrogen-bond donors (Lipinski definition) is 4. The van der Waals surface area contributed by atoms with Crippen LogP contribution < -0.4 is 21.3 Å². The van der Waals surface area contributed by atoms with E-state index >= 15 is 0 Å². The third kappa shape index (κ3) is 12.6. The SMILES string of the molecule is CNCC(=O)[C@H](CCCCCC(=O)CBr)NC(CCCCNC(C)=O)NC(=O)SC(c1ccccc1)(c1ccccc1)c1ccccc1. The molecule has 48 heavy (non-hydrogen) atoms. The highest BCUT2D eigenvalue weighted by molar-refractivity contribution is 9.09. The van der Waals surface area contributed by atoms with Crippen molar-refractivity contribution in [3.63, 3.8) is 0 Å². The summed E-state index contributed by atoms with van der Waals surface area (Å²) < 4.78 is -0.836. The van der Waals surface area contributed by atoms with Crippen molar-refractivity contribution in [2.45, 2.75) is 75.2 Å². The normalized spacial score (nSPS) is 12.6. The second-order valence-electron chi connectivity index (χ2n) is 11.8. The average Bonchev–Trinajstić information content (AvgIpc) is 3.10. The molecule has 0 aromatic heterocycles. The number of benzene rings is 3. The van der Waals surface area contributed by atoms with E-state index < -0.39 is 17.0 Å². The Labute approximate surface area is 298 Å². The molecule has 8 nitrogen and oxygen atoms in total. The lowest BCUT2D eigenvalue weighted by Gasteiger charge is -2.35. The summed E-state index contributed by atoms with van der Waals surface area (Å²) in [5, 5.41) is 12.7. The van der Waals surface area contributed by atoms with Gasteiger partial charge in [0.1, 0.15) is 10.5 Å². The number of nitrogens with one attached hydrogen (secondary N) is 4. The first kappa shape index (κ1) is 39.1. The van der Waals surface area contributed by atoms with Gasteiger partial charge in [-0.2, -0.15) is 0 Å². The molecule has 0 bridgehead atoms. The maximum atomic E-state index is 14.3. The number of carbonyl (C=O) groups excluding carboxylic acids is 4. The van der Waals surface area contributed by atoms with Gasteiger partial charge in [-0.25, -0.2) is 0 Å². The zero-order chi connectivity index (χ0) is 34.6. The maximum Gasteiger partial charge on any atom is 0.281 e. The van der Waals surface area contributed by atoms with Crippen LogP contribution in [0.3, 0.4) is 0 Å². The van der Waals surface area contributed by atoms with Crippen molar-refractivity contribution in [2.75, 3.05) is 25.5 Å². The fourth-order valence-electron chi connectivity index (χ4n) is 5.73. The minimum atomic E-state index is -0.836. The third-order valence-electron chi connectivity index (χ3n) is 8.11. The fraction of sp³-hybridized carbons (Fsp3) is 0.421. The van der Waals surface area contributed by atoms with Crippen molar-refractivity contribution < 1.29 is 19.2 Å². The van der Waals surface area contributed by atoms with Gasteiger partial charge >= 0.3 is 0 Å². The van der Waals surface area contributed by atoms with Crippen LogP contribution in [0.2, 0.25) is 0 Å². The maximum absolute atomic E-state index is 14.3. The summed E-state index contributed by atoms with van der Waals surface area (Å²) in [6.45, 7) is 2.24. The lowest BCUT2D eigenvalue weighted by molar-refractivity contribution is -0.121. The number of rotatable bonds is 22. The monoisotopic (exact) mass is 736 g/mol. The number of carbonyl (C=O) groups is 4. The van der Waals surface area contributed by atoms with E-state index in [1.807, 2.05) is 54.6 Å². The Morgan fingerprint density at radius 2 is 1.29 bits per heavy atom. The Morgan fingerprint density at radius 3 is 1.79 bits per heavy atom. The summed E-state index contributed by atoms with van der Waals surface area (Å²) in [5.74, 6) is 0.114. The Kier molecular flexibility index (Phi) is 17.6. The number of ketones is 2. The Bertz CT molecular complexity index is 1320. The molecule has 0 fully saturated rings. The minimum absolute atomic E-state index is 0.0198. The summed E-state index contributed by atoms with van der Waals surface area (Å²) in [7, 11) is 1.75. The van der Waals surface area contributed by atoms with Gasteiger partial charge in [-0.3, -0.25) is 24.5 Å². The van der Waals surface area contributed by atoms with Crippen LogP contribution >= 0.6 is 27.7 Å². The number of likely N-dealkylation sites (N-methyl/N-ethyl adjacent to an activating group) is 1. The third-order valence-corrected chi connectivity index (χ3v) is 10.1. The number of Topliss-reactive ketones (excluding diaryl/α,β-unsaturated/α-hetero) is 2. The second-order valence-corrected chi connectivity index (χ2v) is 13.6. The molecular formula is C38H49BrN4O4S. The van der Waals surface area contributed by atoms with Crippen molar-refractivity contribution in [2.24, 2.45) is 0 Å². The molecule has 0 saturated heterocycles. The van der Waals surface area contributed by atoms with Crippen molar-refractivity contribution in [3.05, 3.63) is 108 Å². The molecule has 3 aromatic carbocycles. The molecule has 2 amide bonds. The Hall–Kier alpha value is -3.31. The van der Waals surface area contributed by atoms with Crippen LogP contribution in [-0.4, -0.2) is 60.4 Å². The summed E-state index contributed by atoms with van der Waals surface area (Å²) in [6.07, 6.45) is 5.05. The summed E-state index contributed by atoms with van der Waals surface area (Å²) in [4.78, 5) is 50.6. The van der Waals surface area contributed by atoms with E-state index in [0.717, 1.165) is 48.8 Å². The van der Waals surface area contributed by atoms with Crippen molar-refractivity contribution in [1.82, 2.24) is 21.3 Å². The predicted octanol–water partition coefficient (Wildman–Crippen LogP) is 6.72. The lowest BCUT2D eigenvalue weighted by atomic mass is 9.84. The molecule has 0 spiro atoms. The van der Waals surface area contributed by atoms with Gasteiger partial charge in [0.2, 0.25) is 5.91 Å². The predicted molar refractivity (Wildman–Crippen MR) is 199 cm³/mol. The molecule has 0 radical (unpaired) electrons. The van der Waals surface area contributed by atoms with Gasteiger partial charge in [0, 0.05) is 19.9 Å². The molecule has 10 heteroatoms. The van der Waals surface area contributed by atoms with Crippen LogP contribution in [0.15, 0.2) is 91.0 Å².